The van der Waals surface area contributed by atoms with Crippen LogP contribution in [0.1, 0.15) is 43.2 Å². The van der Waals surface area contributed by atoms with Gasteiger partial charge < -0.3 is 15.3 Å². The van der Waals surface area contributed by atoms with Gasteiger partial charge in [-0.1, -0.05) is 19.4 Å². The van der Waals surface area contributed by atoms with Gasteiger partial charge >= 0.3 is 5.97 Å². The van der Waals surface area contributed by atoms with Gasteiger partial charge in [0.2, 0.25) is 0 Å². The molecule has 0 amide bonds. The van der Waals surface area contributed by atoms with Crippen molar-refractivity contribution >= 4 is 5.97 Å². The van der Waals surface area contributed by atoms with Crippen molar-refractivity contribution < 1.29 is 20.1 Å². The lowest BCUT2D eigenvalue weighted by Crippen LogP contribution is -2.06. The molecule has 0 fully saturated rings. The predicted octanol–water partition coefficient (Wildman–Crippen LogP) is 2.24. The highest BCUT2D eigenvalue weighted by Gasteiger charge is 2.16. The van der Waals surface area contributed by atoms with E-state index in [1.165, 1.54) is 6.07 Å². The number of carboxylic acid groups (broad SMARTS) is 1. The number of aliphatic carboxylic acids is 1. The highest BCUT2D eigenvalue weighted by molar-refractivity contribution is 5.68. The standard InChI is InChI=1S/C13H18O4/c1-2-3-9(7-13(16)17)10-4-5-12(15)11(6-10)8-14/h4-6,9,14-15H,2-3,7-8H2,1H3,(H,16,17). The van der Waals surface area contributed by atoms with Crippen LogP contribution in [-0.2, 0) is 11.4 Å². The number of aromatic hydroxyl groups is 1. The van der Waals surface area contributed by atoms with Crippen LogP contribution in [0.25, 0.3) is 0 Å². The Labute approximate surface area is 101 Å². The molecule has 0 aliphatic rings. The van der Waals surface area contributed by atoms with Crippen LogP contribution in [0.3, 0.4) is 0 Å². The van der Waals surface area contributed by atoms with Crippen LogP contribution in [0.5, 0.6) is 5.75 Å². The molecule has 0 bridgehead atoms. The molecule has 94 valence electrons. The number of aliphatic hydroxyl groups is 1. The third-order valence-corrected chi connectivity index (χ3v) is 2.80. The van der Waals surface area contributed by atoms with E-state index in [0.717, 1.165) is 18.4 Å². The van der Waals surface area contributed by atoms with E-state index in [0.29, 0.717) is 5.56 Å². The molecule has 1 aromatic carbocycles. The molecule has 0 radical (unpaired) electrons. The molecule has 17 heavy (non-hydrogen) atoms. The highest BCUT2D eigenvalue weighted by Crippen LogP contribution is 2.28. The number of hydrogen-bond donors (Lipinski definition) is 3. The topological polar surface area (TPSA) is 77.8 Å². The predicted molar refractivity (Wildman–Crippen MR) is 63.9 cm³/mol. The first-order valence-corrected chi connectivity index (χ1v) is 5.72. The minimum absolute atomic E-state index is 0.0434. The van der Waals surface area contributed by atoms with E-state index in [-0.39, 0.29) is 24.7 Å². The fourth-order valence-electron chi connectivity index (χ4n) is 1.93. The smallest absolute Gasteiger partial charge is 0.303 e. The van der Waals surface area contributed by atoms with E-state index in [1.54, 1.807) is 12.1 Å². The maximum atomic E-state index is 10.8. The van der Waals surface area contributed by atoms with Gasteiger partial charge in [-0.25, -0.2) is 0 Å². The van der Waals surface area contributed by atoms with Crippen LogP contribution in [0.2, 0.25) is 0 Å². The molecular weight excluding hydrogens is 220 g/mol. The lowest BCUT2D eigenvalue weighted by atomic mass is 9.90. The van der Waals surface area contributed by atoms with E-state index in [2.05, 4.69) is 0 Å². The Morgan fingerprint density at radius 3 is 2.65 bits per heavy atom. The quantitative estimate of drug-likeness (QED) is 0.710. The summed E-state index contributed by atoms with van der Waals surface area (Å²) in [6.45, 7) is 1.76. The van der Waals surface area contributed by atoms with E-state index in [1.807, 2.05) is 6.92 Å². The zero-order valence-corrected chi connectivity index (χ0v) is 9.89. The Morgan fingerprint density at radius 2 is 2.12 bits per heavy atom. The number of benzene rings is 1. The Hall–Kier alpha value is -1.55. The van der Waals surface area contributed by atoms with E-state index in [9.17, 15) is 9.90 Å². The van der Waals surface area contributed by atoms with Crippen LogP contribution in [-0.4, -0.2) is 21.3 Å². The van der Waals surface area contributed by atoms with E-state index in [4.69, 9.17) is 10.2 Å². The summed E-state index contributed by atoms with van der Waals surface area (Å²) in [5, 5.41) is 27.4. The lowest BCUT2D eigenvalue weighted by Gasteiger charge is -2.15. The maximum absolute atomic E-state index is 10.8. The third kappa shape index (κ3) is 3.75. The Bertz CT molecular complexity index is 387. The molecule has 1 aromatic rings. The Kier molecular flexibility index (Phi) is 4.97. The van der Waals surface area contributed by atoms with Gasteiger partial charge in [-0.3, -0.25) is 4.79 Å². The molecule has 1 unspecified atom stereocenters. The fourth-order valence-corrected chi connectivity index (χ4v) is 1.93. The van der Waals surface area contributed by atoms with Crippen LogP contribution in [0.15, 0.2) is 18.2 Å². The zero-order valence-electron chi connectivity index (χ0n) is 9.89. The van der Waals surface area contributed by atoms with Gasteiger partial charge in [0.1, 0.15) is 5.75 Å². The summed E-state index contributed by atoms with van der Waals surface area (Å²) in [6.07, 6.45) is 1.75. The number of rotatable bonds is 6. The normalized spacial score (nSPS) is 12.4. The number of carboxylic acids is 1. The molecule has 0 saturated carbocycles. The highest BCUT2D eigenvalue weighted by atomic mass is 16.4. The molecule has 0 saturated heterocycles. The van der Waals surface area contributed by atoms with Gasteiger partial charge in [-0.15, -0.1) is 0 Å². The molecule has 4 heteroatoms. The average molecular weight is 238 g/mol. The van der Waals surface area contributed by atoms with Crippen LogP contribution in [0.4, 0.5) is 0 Å². The summed E-state index contributed by atoms with van der Waals surface area (Å²) in [7, 11) is 0. The van der Waals surface area contributed by atoms with Crippen LogP contribution < -0.4 is 0 Å². The first kappa shape index (κ1) is 13.5. The molecule has 1 atom stereocenters. The van der Waals surface area contributed by atoms with Crippen molar-refractivity contribution in [2.24, 2.45) is 0 Å². The molecule has 0 aliphatic carbocycles. The van der Waals surface area contributed by atoms with Crippen molar-refractivity contribution in [3.8, 4) is 5.75 Å². The summed E-state index contributed by atoms with van der Waals surface area (Å²) in [5.74, 6) is -0.854. The van der Waals surface area contributed by atoms with Gasteiger partial charge in [-0.05, 0) is 30.0 Å². The number of hydrogen-bond acceptors (Lipinski definition) is 3. The molecule has 0 aliphatic heterocycles. The first-order chi connectivity index (χ1) is 8.08. The second-order valence-electron chi connectivity index (χ2n) is 4.13. The SMILES string of the molecule is CCCC(CC(=O)O)c1ccc(O)c(CO)c1. The fraction of sp³-hybridized carbons (Fsp3) is 0.462. The summed E-state index contributed by atoms with van der Waals surface area (Å²) in [6, 6.07) is 4.90. The van der Waals surface area contributed by atoms with Gasteiger partial charge in [0.15, 0.2) is 0 Å². The van der Waals surface area contributed by atoms with E-state index < -0.39 is 5.97 Å². The first-order valence-electron chi connectivity index (χ1n) is 5.72. The minimum Gasteiger partial charge on any atom is -0.508 e. The number of phenols is 1. The second kappa shape index (κ2) is 6.25. The molecule has 4 nitrogen and oxygen atoms in total. The lowest BCUT2D eigenvalue weighted by molar-refractivity contribution is -0.137. The molecule has 0 heterocycles. The van der Waals surface area contributed by atoms with Crippen molar-refractivity contribution in [3.63, 3.8) is 0 Å². The Balaban J connectivity index is 2.96. The van der Waals surface area contributed by atoms with Crippen LogP contribution in [0, 0.1) is 0 Å². The molecule has 0 spiro atoms. The summed E-state index contributed by atoms with van der Waals surface area (Å²) < 4.78 is 0. The molecule has 3 N–H and O–H groups in total. The summed E-state index contributed by atoms with van der Waals surface area (Å²) in [4.78, 5) is 10.8. The third-order valence-electron chi connectivity index (χ3n) is 2.80. The van der Waals surface area contributed by atoms with E-state index >= 15 is 0 Å². The van der Waals surface area contributed by atoms with Crippen molar-refractivity contribution in [1.82, 2.24) is 0 Å². The average Bonchev–Trinajstić information content (AvgIpc) is 2.28. The van der Waals surface area contributed by atoms with Crippen molar-refractivity contribution in [2.45, 2.75) is 38.7 Å². The Morgan fingerprint density at radius 1 is 1.41 bits per heavy atom. The van der Waals surface area contributed by atoms with Crippen molar-refractivity contribution in [1.29, 1.82) is 0 Å². The van der Waals surface area contributed by atoms with Gasteiger partial charge in [0.05, 0.1) is 13.0 Å². The summed E-state index contributed by atoms with van der Waals surface area (Å²) in [5.41, 5.74) is 1.30. The number of aliphatic hydroxyl groups excluding tert-OH is 1. The van der Waals surface area contributed by atoms with Crippen molar-refractivity contribution in [2.75, 3.05) is 0 Å². The molecule has 0 aromatic heterocycles. The molecular formula is C13H18O4. The van der Waals surface area contributed by atoms with Crippen molar-refractivity contribution in [3.05, 3.63) is 29.3 Å². The maximum Gasteiger partial charge on any atom is 0.303 e. The monoisotopic (exact) mass is 238 g/mol. The second-order valence-corrected chi connectivity index (χ2v) is 4.13. The van der Waals surface area contributed by atoms with Crippen LogP contribution >= 0.6 is 0 Å². The van der Waals surface area contributed by atoms with Gasteiger partial charge in [0, 0.05) is 5.56 Å². The molecule has 1 rings (SSSR count). The number of carbonyl (C=O) groups is 1. The zero-order chi connectivity index (χ0) is 12.8. The minimum atomic E-state index is -0.831. The largest absolute Gasteiger partial charge is 0.508 e. The summed E-state index contributed by atoms with van der Waals surface area (Å²) >= 11 is 0. The van der Waals surface area contributed by atoms with Gasteiger partial charge in [-0.2, -0.15) is 0 Å². The van der Waals surface area contributed by atoms with Gasteiger partial charge in [0.25, 0.3) is 0 Å².